The first-order valence-electron chi connectivity index (χ1n) is 3.28. The summed E-state index contributed by atoms with van der Waals surface area (Å²) in [6, 6.07) is 0. The van der Waals surface area contributed by atoms with Gasteiger partial charge in [-0.15, -0.1) is 10.2 Å². The predicted molar refractivity (Wildman–Crippen MR) is 35.2 cm³/mol. The van der Waals surface area contributed by atoms with E-state index in [1.165, 1.54) is 4.80 Å². The highest BCUT2D eigenvalue weighted by Gasteiger charge is 1.97. The Hall–Kier alpha value is -0.970. The number of nitrogens with one attached hydrogen (secondary N) is 1. The molecule has 1 N–H and O–H groups in total. The zero-order valence-electron chi connectivity index (χ0n) is 5.91. The van der Waals surface area contributed by atoms with Crippen LogP contribution in [0.1, 0.15) is 12.7 Å². The fourth-order valence-corrected chi connectivity index (χ4v) is 0.622. The van der Waals surface area contributed by atoms with Crippen LogP contribution in [-0.2, 0) is 13.0 Å². The van der Waals surface area contributed by atoms with Crippen molar-refractivity contribution >= 4 is 0 Å². The van der Waals surface area contributed by atoms with E-state index in [0.29, 0.717) is 18.8 Å². The molecule has 0 amide bonds. The number of hydrogen-bond donors (Lipinski definition) is 0. The topological polar surface area (TPSA) is 67.4 Å². The molecule has 0 saturated heterocycles. The first-order chi connectivity index (χ1) is 4.86. The SMILES string of the molecule is CCn1nnc(CC[NH])n1. The minimum absolute atomic E-state index is 0.329. The molecule has 55 valence electrons. The molecule has 0 bridgehead atoms. The summed E-state index contributed by atoms with van der Waals surface area (Å²) in [5.74, 6) is 0.664. The summed E-state index contributed by atoms with van der Waals surface area (Å²) in [7, 11) is 0. The second kappa shape index (κ2) is 3.26. The van der Waals surface area contributed by atoms with E-state index < -0.39 is 0 Å². The Labute approximate surface area is 59.2 Å². The lowest BCUT2D eigenvalue weighted by Crippen LogP contribution is -2.00. The molecule has 1 aromatic rings. The summed E-state index contributed by atoms with van der Waals surface area (Å²) >= 11 is 0. The highest BCUT2D eigenvalue weighted by atomic mass is 15.6. The second-order valence-electron chi connectivity index (χ2n) is 1.89. The number of nitrogens with zero attached hydrogens (tertiary/aromatic N) is 4. The van der Waals surface area contributed by atoms with Crippen LogP contribution in [0.15, 0.2) is 0 Å². The Kier molecular flexibility index (Phi) is 2.33. The summed E-state index contributed by atoms with van der Waals surface area (Å²) in [6.45, 7) is 3.02. The maximum absolute atomic E-state index is 6.89. The Morgan fingerprint density at radius 3 is 2.90 bits per heavy atom. The van der Waals surface area contributed by atoms with Crippen molar-refractivity contribution in [3.05, 3.63) is 5.82 Å². The standard InChI is InChI=1S/C5H10N5/c1-2-10-8-5(3-4-6)7-9-10/h6H,2-4H2,1H3. The Morgan fingerprint density at radius 2 is 2.40 bits per heavy atom. The van der Waals surface area contributed by atoms with Crippen LogP contribution in [0.3, 0.4) is 0 Å². The van der Waals surface area contributed by atoms with Gasteiger partial charge in [0.2, 0.25) is 0 Å². The fourth-order valence-electron chi connectivity index (χ4n) is 0.622. The summed E-state index contributed by atoms with van der Waals surface area (Å²) in [5.41, 5.74) is 6.89. The van der Waals surface area contributed by atoms with Crippen LogP contribution >= 0.6 is 0 Å². The highest BCUT2D eigenvalue weighted by molar-refractivity contribution is 4.76. The van der Waals surface area contributed by atoms with Crippen molar-refractivity contribution in [3.63, 3.8) is 0 Å². The van der Waals surface area contributed by atoms with Gasteiger partial charge in [-0.3, -0.25) is 5.73 Å². The molecule has 0 aromatic carbocycles. The number of aryl methyl sites for hydroxylation is 1. The van der Waals surface area contributed by atoms with E-state index in [2.05, 4.69) is 15.4 Å². The third-order valence-electron chi connectivity index (χ3n) is 1.13. The lowest BCUT2D eigenvalue weighted by Gasteiger charge is -1.86. The summed E-state index contributed by atoms with van der Waals surface area (Å²) in [4.78, 5) is 1.52. The lowest BCUT2D eigenvalue weighted by molar-refractivity contribution is 0.550. The highest BCUT2D eigenvalue weighted by Crippen LogP contribution is 1.85. The molecule has 1 heterocycles. The molecule has 1 radical (unpaired) electrons. The molecule has 5 heteroatoms. The number of tetrazole rings is 1. The van der Waals surface area contributed by atoms with Crippen molar-refractivity contribution in [2.45, 2.75) is 19.9 Å². The first kappa shape index (κ1) is 7.14. The maximum Gasteiger partial charge on any atom is 0.176 e. The monoisotopic (exact) mass is 140 g/mol. The van der Waals surface area contributed by atoms with Gasteiger partial charge in [-0.1, -0.05) is 0 Å². The molecular weight excluding hydrogens is 130 g/mol. The third kappa shape index (κ3) is 1.51. The van der Waals surface area contributed by atoms with Crippen molar-refractivity contribution in [1.29, 1.82) is 0 Å². The van der Waals surface area contributed by atoms with Crippen LogP contribution < -0.4 is 5.73 Å². The van der Waals surface area contributed by atoms with Crippen molar-refractivity contribution in [2.75, 3.05) is 6.54 Å². The molecule has 0 spiro atoms. The third-order valence-corrected chi connectivity index (χ3v) is 1.13. The zero-order valence-corrected chi connectivity index (χ0v) is 5.91. The largest absolute Gasteiger partial charge is 0.257 e. The van der Waals surface area contributed by atoms with Crippen LogP contribution in [0, 0.1) is 0 Å². The second-order valence-corrected chi connectivity index (χ2v) is 1.89. The smallest absolute Gasteiger partial charge is 0.176 e. The molecule has 0 aliphatic carbocycles. The fraction of sp³-hybridized carbons (Fsp3) is 0.800. The predicted octanol–water partition coefficient (Wildman–Crippen LogP) is -0.482. The molecule has 0 unspecified atom stereocenters. The van der Waals surface area contributed by atoms with Crippen LogP contribution in [-0.4, -0.2) is 26.8 Å². The Balaban J connectivity index is 2.59. The molecule has 0 aliphatic rings. The van der Waals surface area contributed by atoms with Gasteiger partial charge in [-0.25, -0.2) is 0 Å². The molecule has 5 nitrogen and oxygen atoms in total. The summed E-state index contributed by atoms with van der Waals surface area (Å²) in [6.07, 6.45) is 0.597. The first-order valence-corrected chi connectivity index (χ1v) is 3.28. The average molecular weight is 140 g/mol. The van der Waals surface area contributed by atoms with E-state index in [1.807, 2.05) is 6.92 Å². The molecule has 0 saturated carbocycles. The van der Waals surface area contributed by atoms with E-state index in [0.717, 1.165) is 6.54 Å². The Bertz CT molecular complexity index is 194. The van der Waals surface area contributed by atoms with E-state index in [1.54, 1.807) is 0 Å². The van der Waals surface area contributed by atoms with Gasteiger partial charge in [0, 0.05) is 13.0 Å². The van der Waals surface area contributed by atoms with Gasteiger partial charge in [-0.05, 0) is 12.1 Å². The molecular formula is C5H10N5. The normalized spacial score (nSPS) is 10.2. The minimum Gasteiger partial charge on any atom is -0.257 e. The molecule has 0 atom stereocenters. The van der Waals surface area contributed by atoms with Crippen LogP contribution in [0.2, 0.25) is 0 Å². The van der Waals surface area contributed by atoms with Crippen LogP contribution in [0.5, 0.6) is 0 Å². The van der Waals surface area contributed by atoms with Gasteiger partial charge in [0.25, 0.3) is 0 Å². The minimum atomic E-state index is 0.329. The van der Waals surface area contributed by atoms with Gasteiger partial charge >= 0.3 is 0 Å². The van der Waals surface area contributed by atoms with Gasteiger partial charge in [0.15, 0.2) is 5.82 Å². The van der Waals surface area contributed by atoms with E-state index in [4.69, 9.17) is 5.73 Å². The lowest BCUT2D eigenvalue weighted by atomic mass is 10.4. The van der Waals surface area contributed by atoms with E-state index in [9.17, 15) is 0 Å². The quantitative estimate of drug-likeness (QED) is 0.569. The van der Waals surface area contributed by atoms with Crippen LogP contribution in [0.4, 0.5) is 0 Å². The molecule has 1 rings (SSSR count). The van der Waals surface area contributed by atoms with Gasteiger partial charge in [0.05, 0.1) is 6.54 Å². The zero-order chi connectivity index (χ0) is 7.40. The number of rotatable bonds is 3. The molecule has 0 aliphatic heterocycles. The van der Waals surface area contributed by atoms with E-state index in [-0.39, 0.29) is 0 Å². The summed E-state index contributed by atoms with van der Waals surface area (Å²) < 4.78 is 0. The van der Waals surface area contributed by atoms with Crippen molar-refractivity contribution in [1.82, 2.24) is 25.9 Å². The van der Waals surface area contributed by atoms with Crippen molar-refractivity contribution < 1.29 is 0 Å². The summed E-state index contributed by atoms with van der Waals surface area (Å²) in [5, 5.41) is 11.5. The van der Waals surface area contributed by atoms with Gasteiger partial charge in [-0.2, -0.15) is 4.80 Å². The van der Waals surface area contributed by atoms with Crippen molar-refractivity contribution in [3.8, 4) is 0 Å². The molecule has 1 aromatic heterocycles. The molecule has 0 fully saturated rings. The van der Waals surface area contributed by atoms with E-state index >= 15 is 0 Å². The van der Waals surface area contributed by atoms with Gasteiger partial charge in [0.1, 0.15) is 0 Å². The number of aromatic nitrogens is 4. The molecule has 10 heavy (non-hydrogen) atoms. The maximum atomic E-state index is 6.89. The number of hydrogen-bond acceptors (Lipinski definition) is 3. The van der Waals surface area contributed by atoms with Crippen LogP contribution in [0.25, 0.3) is 0 Å². The average Bonchev–Trinajstić information content (AvgIpc) is 2.37. The van der Waals surface area contributed by atoms with Crippen molar-refractivity contribution in [2.24, 2.45) is 0 Å². The Morgan fingerprint density at radius 1 is 1.60 bits per heavy atom. The van der Waals surface area contributed by atoms with Gasteiger partial charge < -0.3 is 0 Å².